The van der Waals surface area contributed by atoms with Gasteiger partial charge in [-0.25, -0.2) is 4.79 Å². The van der Waals surface area contributed by atoms with E-state index < -0.39 is 12.0 Å². The van der Waals surface area contributed by atoms with Crippen LogP contribution >= 0.6 is 0 Å². The highest BCUT2D eigenvalue weighted by Gasteiger charge is 2.20. The van der Waals surface area contributed by atoms with Crippen LogP contribution in [-0.4, -0.2) is 23.0 Å². The fraction of sp³-hybridized carbons (Fsp3) is 0.455. The van der Waals surface area contributed by atoms with Crippen molar-refractivity contribution in [2.24, 2.45) is 0 Å². The molecule has 0 saturated carbocycles. The Morgan fingerprint density at radius 1 is 1.44 bits per heavy atom. The third kappa shape index (κ3) is 3.42. The van der Waals surface area contributed by atoms with Crippen molar-refractivity contribution >= 4 is 11.9 Å². The van der Waals surface area contributed by atoms with Gasteiger partial charge < -0.3 is 14.8 Å². The number of hydrogen-bond donors (Lipinski definition) is 2. The van der Waals surface area contributed by atoms with Crippen molar-refractivity contribution in [2.75, 3.05) is 0 Å². The average Bonchev–Trinajstić information content (AvgIpc) is 2.63. The van der Waals surface area contributed by atoms with Crippen LogP contribution in [-0.2, 0) is 22.4 Å². The van der Waals surface area contributed by atoms with E-state index in [1.54, 1.807) is 6.07 Å². The van der Waals surface area contributed by atoms with Crippen molar-refractivity contribution in [2.45, 2.75) is 32.7 Å². The number of carboxylic acids is 1. The Hall–Kier alpha value is -1.78. The molecule has 0 fully saturated rings. The summed E-state index contributed by atoms with van der Waals surface area (Å²) in [6.45, 7) is 3.24. The highest BCUT2D eigenvalue weighted by Crippen LogP contribution is 2.10. The van der Waals surface area contributed by atoms with Gasteiger partial charge in [0.15, 0.2) is 0 Å². The summed E-state index contributed by atoms with van der Waals surface area (Å²) in [6, 6.07) is 2.60. The Labute approximate surface area is 93.4 Å². The van der Waals surface area contributed by atoms with Crippen molar-refractivity contribution in [3.8, 4) is 0 Å². The van der Waals surface area contributed by atoms with E-state index in [0.29, 0.717) is 5.76 Å². The van der Waals surface area contributed by atoms with Crippen LogP contribution in [0.15, 0.2) is 16.5 Å². The smallest absolute Gasteiger partial charge is 0.326 e. The number of aliphatic carboxylic acids is 1. The SMILES string of the molecule is CCc1ccc(CC(NC(C)=O)C(=O)O)o1. The van der Waals surface area contributed by atoms with E-state index in [1.807, 2.05) is 13.0 Å². The van der Waals surface area contributed by atoms with Crippen LogP contribution in [0.25, 0.3) is 0 Å². The number of carbonyl (C=O) groups is 2. The maximum absolute atomic E-state index is 10.9. The summed E-state index contributed by atoms with van der Waals surface area (Å²) in [5.41, 5.74) is 0. The first-order valence-electron chi connectivity index (χ1n) is 5.10. The third-order valence-corrected chi connectivity index (χ3v) is 2.15. The van der Waals surface area contributed by atoms with E-state index in [4.69, 9.17) is 9.52 Å². The lowest BCUT2D eigenvalue weighted by atomic mass is 10.1. The minimum absolute atomic E-state index is 0.162. The fourth-order valence-electron chi connectivity index (χ4n) is 1.37. The molecule has 0 aliphatic rings. The van der Waals surface area contributed by atoms with Crippen LogP contribution in [0, 0.1) is 0 Å². The van der Waals surface area contributed by atoms with Crippen molar-refractivity contribution in [3.63, 3.8) is 0 Å². The molecule has 2 N–H and O–H groups in total. The second-order valence-corrected chi connectivity index (χ2v) is 3.52. The van der Waals surface area contributed by atoms with Gasteiger partial charge in [-0.1, -0.05) is 6.92 Å². The Morgan fingerprint density at radius 3 is 2.50 bits per heavy atom. The van der Waals surface area contributed by atoms with Crippen molar-refractivity contribution in [1.82, 2.24) is 5.32 Å². The average molecular weight is 225 g/mol. The Bertz CT molecular complexity index is 383. The molecule has 5 nitrogen and oxygen atoms in total. The maximum Gasteiger partial charge on any atom is 0.326 e. The molecule has 1 rings (SSSR count). The largest absolute Gasteiger partial charge is 0.480 e. The lowest BCUT2D eigenvalue weighted by Crippen LogP contribution is -2.41. The quantitative estimate of drug-likeness (QED) is 0.782. The summed E-state index contributed by atoms with van der Waals surface area (Å²) in [7, 11) is 0. The summed E-state index contributed by atoms with van der Waals surface area (Å²) in [5.74, 6) is -0.0562. The first kappa shape index (κ1) is 12.3. The van der Waals surface area contributed by atoms with Gasteiger partial charge in [-0.3, -0.25) is 4.79 Å². The molecule has 0 radical (unpaired) electrons. The molecular weight excluding hydrogens is 210 g/mol. The van der Waals surface area contributed by atoms with Gasteiger partial charge in [-0.15, -0.1) is 0 Å². The zero-order valence-electron chi connectivity index (χ0n) is 9.32. The molecular formula is C11H15NO4. The Morgan fingerprint density at radius 2 is 2.06 bits per heavy atom. The third-order valence-electron chi connectivity index (χ3n) is 2.15. The van der Waals surface area contributed by atoms with Gasteiger partial charge in [0.1, 0.15) is 17.6 Å². The van der Waals surface area contributed by atoms with Crippen molar-refractivity contribution in [1.29, 1.82) is 0 Å². The summed E-state index contributed by atoms with van der Waals surface area (Å²) in [6.07, 6.45) is 0.923. The summed E-state index contributed by atoms with van der Waals surface area (Å²) in [5, 5.41) is 11.2. The molecule has 0 bridgehead atoms. The number of carboxylic acid groups (broad SMARTS) is 1. The first-order valence-corrected chi connectivity index (χ1v) is 5.10. The van der Waals surface area contributed by atoms with E-state index in [2.05, 4.69) is 5.32 Å². The van der Waals surface area contributed by atoms with Gasteiger partial charge >= 0.3 is 5.97 Å². The molecule has 1 unspecified atom stereocenters. The summed E-state index contributed by atoms with van der Waals surface area (Å²) >= 11 is 0. The highest BCUT2D eigenvalue weighted by molar-refractivity contribution is 5.82. The zero-order chi connectivity index (χ0) is 12.1. The number of nitrogens with one attached hydrogen (secondary N) is 1. The van der Waals surface area contributed by atoms with E-state index in [1.165, 1.54) is 6.92 Å². The van der Waals surface area contributed by atoms with Crippen LogP contribution < -0.4 is 5.32 Å². The number of aryl methyl sites for hydroxylation is 1. The van der Waals surface area contributed by atoms with Gasteiger partial charge in [0, 0.05) is 19.8 Å². The molecule has 1 aromatic heterocycles. The molecule has 0 aromatic carbocycles. The predicted molar refractivity (Wildman–Crippen MR) is 57.0 cm³/mol. The second kappa shape index (κ2) is 5.34. The molecule has 0 saturated heterocycles. The van der Waals surface area contributed by atoms with E-state index in [-0.39, 0.29) is 12.3 Å². The van der Waals surface area contributed by atoms with Crippen LogP contribution in [0.5, 0.6) is 0 Å². The fourth-order valence-corrected chi connectivity index (χ4v) is 1.37. The minimum Gasteiger partial charge on any atom is -0.480 e. The van der Waals surface area contributed by atoms with Gasteiger partial charge in [0.2, 0.25) is 5.91 Å². The second-order valence-electron chi connectivity index (χ2n) is 3.52. The molecule has 5 heteroatoms. The van der Waals surface area contributed by atoms with E-state index in [9.17, 15) is 9.59 Å². The maximum atomic E-state index is 10.9. The molecule has 1 heterocycles. The summed E-state index contributed by atoms with van der Waals surface area (Å²) in [4.78, 5) is 21.7. The Balaban J connectivity index is 2.67. The molecule has 0 aliphatic heterocycles. The van der Waals surface area contributed by atoms with Crippen LogP contribution in [0.3, 0.4) is 0 Å². The van der Waals surface area contributed by atoms with Crippen LogP contribution in [0.4, 0.5) is 0 Å². The van der Waals surface area contributed by atoms with Crippen molar-refractivity contribution in [3.05, 3.63) is 23.7 Å². The van der Waals surface area contributed by atoms with Gasteiger partial charge in [-0.05, 0) is 12.1 Å². The monoisotopic (exact) mass is 225 g/mol. The van der Waals surface area contributed by atoms with E-state index >= 15 is 0 Å². The van der Waals surface area contributed by atoms with Gasteiger partial charge in [0.05, 0.1) is 0 Å². The van der Waals surface area contributed by atoms with Crippen molar-refractivity contribution < 1.29 is 19.1 Å². The van der Waals surface area contributed by atoms with E-state index in [0.717, 1.165) is 12.2 Å². The summed E-state index contributed by atoms with van der Waals surface area (Å²) < 4.78 is 5.38. The molecule has 88 valence electrons. The molecule has 0 aliphatic carbocycles. The number of amides is 1. The number of rotatable bonds is 5. The standard InChI is InChI=1S/C11H15NO4/c1-3-8-4-5-9(16-8)6-10(11(14)15)12-7(2)13/h4-5,10H,3,6H2,1-2H3,(H,12,13)(H,14,15). The molecule has 1 aromatic rings. The molecule has 16 heavy (non-hydrogen) atoms. The van der Waals surface area contributed by atoms with Crippen LogP contribution in [0.1, 0.15) is 25.4 Å². The Kier molecular flexibility index (Phi) is 4.10. The van der Waals surface area contributed by atoms with Crippen LogP contribution in [0.2, 0.25) is 0 Å². The highest BCUT2D eigenvalue weighted by atomic mass is 16.4. The number of carbonyl (C=O) groups excluding carboxylic acids is 1. The number of furan rings is 1. The topological polar surface area (TPSA) is 79.5 Å². The zero-order valence-corrected chi connectivity index (χ0v) is 9.32. The molecule has 1 amide bonds. The van der Waals surface area contributed by atoms with Gasteiger partial charge in [-0.2, -0.15) is 0 Å². The predicted octanol–water partition coefficient (Wildman–Crippen LogP) is 0.974. The lowest BCUT2D eigenvalue weighted by molar-refractivity contribution is -0.141. The normalized spacial score (nSPS) is 12.1. The molecule has 0 spiro atoms. The number of hydrogen-bond acceptors (Lipinski definition) is 3. The lowest BCUT2D eigenvalue weighted by Gasteiger charge is -2.11. The molecule has 1 atom stereocenters. The first-order chi connectivity index (χ1) is 7.52. The van der Waals surface area contributed by atoms with Gasteiger partial charge in [0.25, 0.3) is 0 Å². The minimum atomic E-state index is -1.07.